The molecule has 1 aliphatic heterocycles. The molecule has 1 aromatic heterocycles. The van der Waals surface area contributed by atoms with Gasteiger partial charge in [-0.2, -0.15) is 0 Å². The van der Waals surface area contributed by atoms with E-state index in [0.29, 0.717) is 5.69 Å². The first-order valence-electron chi connectivity index (χ1n) is 10.4. The highest BCUT2D eigenvalue weighted by atomic mass is 16.7. The van der Waals surface area contributed by atoms with Gasteiger partial charge in [-0.05, 0) is 12.0 Å². The Balaban J connectivity index is 1.87. The first-order chi connectivity index (χ1) is 15.3. The standard InChI is InChI=1S/C22H27N3O7/c1-5-6-16-7-9-17(10-8-16)18-11-25(24-23-18)22-21(31-15(4)28)20(30-14(3)27)19(32-22)12-29-13(2)26/h7-11,19-22H,5-6,12H2,1-4H3/t19-,20-,21-,22-/m1/s1. The van der Waals surface area contributed by atoms with Gasteiger partial charge in [-0.15, -0.1) is 5.10 Å². The van der Waals surface area contributed by atoms with Crippen LogP contribution in [-0.2, 0) is 39.8 Å². The van der Waals surface area contributed by atoms with Crippen LogP contribution in [0.15, 0.2) is 30.5 Å². The lowest BCUT2D eigenvalue weighted by Gasteiger charge is -2.23. The number of ether oxygens (including phenoxy) is 4. The van der Waals surface area contributed by atoms with Crippen molar-refractivity contribution in [3.05, 3.63) is 36.0 Å². The van der Waals surface area contributed by atoms with Crippen molar-refractivity contribution in [3.8, 4) is 11.3 Å². The maximum atomic E-state index is 11.7. The molecule has 172 valence electrons. The molecule has 0 unspecified atom stereocenters. The second-order valence-electron chi connectivity index (χ2n) is 7.55. The van der Waals surface area contributed by atoms with E-state index in [1.807, 2.05) is 24.3 Å². The topological polar surface area (TPSA) is 119 Å². The molecule has 0 spiro atoms. The number of aryl methyl sites for hydroxylation is 1. The van der Waals surface area contributed by atoms with E-state index in [4.69, 9.17) is 18.9 Å². The van der Waals surface area contributed by atoms with Crippen molar-refractivity contribution in [1.29, 1.82) is 0 Å². The van der Waals surface area contributed by atoms with Crippen LogP contribution in [0, 0.1) is 0 Å². The number of carbonyl (C=O) groups excluding carboxylic acids is 3. The van der Waals surface area contributed by atoms with Gasteiger partial charge in [-0.3, -0.25) is 14.4 Å². The number of nitrogens with zero attached hydrogens (tertiary/aromatic N) is 3. The predicted molar refractivity (Wildman–Crippen MR) is 111 cm³/mol. The number of aromatic nitrogens is 3. The van der Waals surface area contributed by atoms with Gasteiger partial charge in [-0.25, -0.2) is 4.68 Å². The molecule has 32 heavy (non-hydrogen) atoms. The molecule has 10 nitrogen and oxygen atoms in total. The molecule has 0 amide bonds. The lowest BCUT2D eigenvalue weighted by molar-refractivity contribution is -0.166. The van der Waals surface area contributed by atoms with E-state index in [2.05, 4.69) is 17.2 Å². The summed E-state index contributed by atoms with van der Waals surface area (Å²) in [7, 11) is 0. The first kappa shape index (κ1) is 23.4. The summed E-state index contributed by atoms with van der Waals surface area (Å²) in [4.78, 5) is 34.7. The van der Waals surface area contributed by atoms with Crippen molar-refractivity contribution in [2.75, 3.05) is 6.61 Å². The maximum Gasteiger partial charge on any atom is 0.303 e. The monoisotopic (exact) mass is 445 g/mol. The van der Waals surface area contributed by atoms with Gasteiger partial charge in [-0.1, -0.05) is 42.8 Å². The van der Waals surface area contributed by atoms with Crippen LogP contribution in [0.1, 0.15) is 45.9 Å². The highest BCUT2D eigenvalue weighted by molar-refractivity contribution is 5.68. The summed E-state index contributed by atoms with van der Waals surface area (Å²) in [6, 6.07) is 8.00. The van der Waals surface area contributed by atoms with Gasteiger partial charge in [0.15, 0.2) is 18.4 Å². The fourth-order valence-electron chi connectivity index (χ4n) is 3.57. The number of esters is 3. The molecule has 0 saturated carbocycles. The third-order valence-electron chi connectivity index (χ3n) is 4.90. The van der Waals surface area contributed by atoms with Crippen LogP contribution in [0.3, 0.4) is 0 Å². The number of rotatable bonds is 8. The van der Waals surface area contributed by atoms with Crippen LogP contribution in [0.2, 0.25) is 0 Å². The van der Waals surface area contributed by atoms with Crippen LogP contribution < -0.4 is 0 Å². The van der Waals surface area contributed by atoms with Crippen LogP contribution in [0.25, 0.3) is 11.3 Å². The Labute approximate surface area is 185 Å². The Morgan fingerprint density at radius 3 is 2.25 bits per heavy atom. The Kier molecular flexibility index (Phi) is 7.57. The molecule has 2 aromatic rings. The molecule has 1 saturated heterocycles. The second-order valence-corrected chi connectivity index (χ2v) is 7.55. The van der Waals surface area contributed by atoms with E-state index in [-0.39, 0.29) is 6.61 Å². The van der Waals surface area contributed by atoms with Crippen LogP contribution in [0.4, 0.5) is 0 Å². The van der Waals surface area contributed by atoms with Crippen LogP contribution in [0.5, 0.6) is 0 Å². The summed E-state index contributed by atoms with van der Waals surface area (Å²) in [5.41, 5.74) is 2.70. The SMILES string of the molecule is CCCc1ccc(-c2cn([C@@H]3O[C@H](COC(C)=O)[C@@H](OC(C)=O)[C@H]3OC(C)=O)nn2)cc1. The molecule has 1 aliphatic rings. The summed E-state index contributed by atoms with van der Waals surface area (Å²) in [5, 5.41) is 8.34. The van der Waals surface area contributed by atoms with Crippen LogP contribution in [-0.4, -0.2) is 57.8 Å². The van der Waals surface area contributed by atoms with Crippen molar-refractivity contribution < 1.29 is 33.3 Å². The number of carbonyl (C=O) groups is 3. The summed E-state index contributed by atoms with van der Waals surface area (Å²) < 4.78 is 23.2. The minimum atomic E-state index is -1.00. The quantitative estimate of drug-likeness (QED) is 0.445. The maximum absolute atomic E-state index is 11.7. The van der Waals surface area contributed by atoms with Crippen molar-refractivity contribution in [2.45, 2.75) is 65.1 Å². The van der Waals surface area contributed by atoms with Gasteiger partial charge < -0.3 is 18.9 Å². The smallest absolute Gasteiger partial charge is 0.303 e. The fourth-order valence-corrected chi connectivity index (χ4v) is 3.57. The predicted octanol–water partition coefficient (Wildman–Crippen LogP) is 2.22. The lowest BCUT2D eigenvalue weighted by Crippen LogP contribution is -2.40. The van der Waals surface area contributed by atoms with Gasteiger partial charge in [0.25, 0.3) is 0 Å². The largest absolute Gasteiger partial charge is 0.463 e. The van der Waals surface area contributed by atoms with E-state index < -0.39 is 42.4 Å². The number of benzene rings is 1. The lowest BCUT2D eigenvalue weighted by atomic mass is 10.1. The van der Waals surface area contributed by atoms with Crippen LogP contribution >= 0.6 is 0 Å². The van der Waals surface area contributed by atoms with E-state index in [0.717, 1.165) is 18.4 Å². The highest BCUT2D eigenvalue weighted by Gasteiger charge is 2.51. The summed E-state index contributed by atoms with van der Waals surface area (Å²) in [5.74, 6) is -1.69. The molecular formula is C22H27N3O7. The van der Waals surface area contributed by atoms with Gasteiger partial charge in [0, 0.05) is 26.3 Å². The third-order valence-corrected chi connectivity index (χ3v) is 4.90. The van der Waals surface area contributed by atoms with Gasteiger partial charge in [0.1, 0.15) is 18.4 Å². The molecule has 3 rings (SSSR count). The fraction of sp³-hybridized carbons (Fsp3) is 0.500. The zero-order valence-corrected chi connectivity index (χ0v) is 18.5. The molecule has 0 radical (unpaired) electrons. The van der Waals surface area contributed by atoms with E-state index in [1.54, 1.807) is 6.20 Å². The average Bonchev–Trinajstić information content (AvgIpc) is 3.33. The zero-order chi connectivity index (χ0) is 23.3. The Morgan fingerprint density at radius 1 is 1.00 bits per heavy atom. The molecule has 0 N–H and O–H groups in total. The Bertz CT molecular complexity index is 957. The van der Waals surface area contributed by atoms with E-state index >= 15 is 0 Å². The number of hydrogen-bond donors (Lipinski definition) is 0. The minimum absolute atomic E-state index is 0.179. The molecule has 4 atom stereocenters. The van der Waals surface area contributed by atoms with Crippen molar-refractivity contribution in [3.63, 3.8) is 0 Å². The molecule has 1 aromatic carbocycles. The summed E-state index contributed by atoms with van der Waals surface area (Å²) in [6.45, 7) is 5.68. The normalized spacial score (nSPS) is 22.4. The second kappa shape index (κ2) is 10.4. The Morgan fingerprint density at radius 2 is 1.66 bits per heavy atom. The van der Waals surface area contributed by atoms with Gasteiger partial charge >= 0.3 is 17.9 Å². The molecular weight excluding hydrogens is 418 g/mol. The van der Waals surface area contributed by atoms with E-state index in [9.17, 15) is 14.4 Å². The summed E-state index contributed by atoms with van der Waals surface area (Å²) in [6.07, 6.45) is -0.0458. The highest BCUT2D eigenvalue weighted by Crippen LogP contribution is 2.34. The average molecular weight is 445 g/mol. The third kappa shape index (κ3) is 5.70. The summed E-state index contributed by atoms with van der Waals surface area (Å²) >= 11 is 0. The first-order valence-corrected chi connectivity index (χ1v) is 10.4. The molecule has 0 aliphatic carbocycles. The minimum Gasteiger partial charge on any atom is -0.463 e. The van der Waals surface area contributed by atoms with Crippen molar-refractivity contribution in [1.82, 2.24) is 15.0 Å². The van der Waals surface area contributed by atoms with Crippen molar-refractivity contribution >= 4 is 17.9 Å². The van der Waals surface area contributed by atoms with Crippen molar-refractivity contribution in [2.24, 2.45) is 0 Å². The molecule has 1 fully saturated rings. The molecule has 2 heterocycles. The number of hydrogen-bond acceptors (Lipinski definition) is 9. The molecule has 10 heteroatoms. The molecule has 0 bridgehead atoms. The zero-order valence-electron chi connectivity index (χ0n) is 18.5. The van der Waals surface area contributed by atoms with Gasteiger partial charge in [0.05, 0.1) is 6.20 Å². The van der Waals surface area contributed by atoms with Gasteiger partial charge in [0.2, 0.25) is 0 Å². The van der Waals surface area contributed by atoms with E-state index in [1.165, 1.54) is 31.0 Å². The Hall–Kier alpha value is -3.27.